The summed E-state index contributed by atoms with van der Waals surface area (Å²) in [6, 6.07) is 10.00. The maximum absolute atomic E-state index is 11.8. The molecular weight excluding hydrogens is 238 g/mol. The fraction of sp³-hybridized carbons (Fsp3) is 0.267. The number of H-pyrrole nitrogens is 1. The Balaban J connectivity index is 1.66. The maximum atomic E-state index is 11.8. The van der Waals surface area contributed by atoms with Crippen molar-refractivity contribution < 1.29 is 4.79 Å². The van der Waals surface area contributed by atoms with Gasteiger partial charge in [-0.2, -0.15) is 0 Å². The topological polar surface area (TPSA) is 48.1 Å². The number of nitrogens with zero attached hydrogens (tertiary/aromatic N) is 1. The second kappa shape index (κ2) is 4.80. The molecule has 4 heteroatoms. The van der Waals surface area contributed by atoms with Gasteiger partial charge in [-0.25, -0.2) is 0 Å². The maximum Gasteiger partial charge on any atom is 0.267 e. The first kappa shape index (κ1) is 11.8. The van der Waals surface area contributed by atoms with Crippen molar-refractivity contribution >= 4 is 11.6 Å². The molecule has 98 valence electrons. The van der Waals surface area contributed by atoms with Crippen LogP contribution < -0.4 is 10.2 Å². The first-order valence-electron chi connectivity index (χ1n) is 6.48. The Morgan fingerprint density at radius 1 is 1.42 bits per heavy atom. The summed E-state index contributed by atoms with van der Waals surface area (Å²) in [6.45, 7) is 1.64. The summed E-state index contributed by atoms with van der Waals surface area (Å²) in [4.78, 5) is 17.0. The van der Waals surface area contributed by atoms with Gasteiger partial charge < -0.3 is 15.2 Å². The van der Waals surface area contributed by atoms with E-state index in [-0.39, 0.29) is 5.91 Å². The van der Waals surface area contributed by atoms with Crippen LogP contribution in [-0.4, -0.2) is 24.5 Å². The molecule has 2 heterocycles. The number of hydrogen-bond acceptors (Lipinski definition) is 2. The van der Waals surface area contributed by atoms with Crippen molar-refractivity contribution in [1.29, 1.82) is 0 Å². The standard InChI is InChI=1S/C15H17N3O/c1-18-8-6-12-9-11(4-5-14(12)18)10-17-15(19)13-3-2-7-16-13/h2-5,7,9,16H,6,8,10H2,1H3,(H,17,19). The highest BCUT2D eigenvalue weighted by Crippen LogP contribution is 2.27. The van der Waals surface area contributed by atoms with E-state index in [1.54, 1.807) is 12.3 Å². The molecule has 0 unspecified atom stereocenters. The Labute approximate surface area is 112 Å². The van der Waals surface area contributed by atoms with Gasteiger partial charge in [-0.05, 0) is 35.7 Å². The molecule has 0 saturated heterocycles. The van der Waals surface area contributed by atoms with Gasteiger partial charge in [0.2, 0.25) is 0 Å². The fourth-order valence-corrected chi connectivity index (χ4v) is 2.48. The third-order valence-corrected chi connectivity index (χ3v) is 3.57. The van der Waals surface area contributed by atoms with Crippen LogP contribution in [0, 0.1) is 0 Å². The zero-order chi connectivity index (χ0) is 13.2. The van der Waals surface area contributed by atoms with E-state index in [9.17, 15) is 4.79 Å². The third kappa shape index (κ3) is 2.34. The zero-order valence-corrected chi connectivity index (χ0v) is 10.9. The number of rotatable bonds is 3. The predicted octanol–water partition coefficient (Wildman–Crippen LogP) is 1.94. The number of carbonyl (C=O) groups is 1. The Hall–Kier alpha value is -2.23. The van der Waals surface area contributed by atoms with Crippen LogP contribution in [0.15, 0.2) is 36.5 Å². The van der Waals surface area contributed by atoms with Crippen LogP contribution in [0.3, 0.4) is 0 Å². The molecule has 1 aromatic carbocycles. The minimum Gasteiger partial charge on any atom is -0.374 e. The van der Waals surface area contributed by atoms with Crippen molar-refractivity contribution in [2.24, 2.45) is 0 Å². The Kier molecular flexibility index (Phi) is 2.99. The highest BCUT2D eigenvalue weighted by atomic mass is 16.1. The van der Waals surface area contributed by atoms with Crippen LogP contribution in [0.4, 0.5) is 5.69 Å². The van der Waals surface area contributed by atoms with Crippen LogP contribution >= 0.6 is 0 Å². The van der Waals surface area contributed by atoms with E-state index in [1.807, 2.05) is 6.07 Å². The largest absolute Gasteiger partial charge is 0.374 e. The van der Waals surface area contributed by atoms with Crippen molar-refractivity contribution in [2.45, 2.75) is 13.0 Å². The van der Waals surface area contributed by atoms with Gasteiger partial charge in [0.25, 0.3) is 5.91 Å². The molecule has 4 nitrogen and oxygen atoms in total. The van der Waals surface area contributed by atoms with E-state index in [1.165, 1.54) is 11.3 Å². The molecule has 0 aliphatic carbocycles. The van der Waals surface area contributed by atoms with Gasteiger partial charge in [-0.1, -0.05) is 12.1 Å². The number of amides is 1. The lowest BCUT2D eigenvalue weighted by Gasteiger charge is -2.12. The lowest BCUT2D eigenvalue weighted by molar-refractivity contribution is 0.0946. The number of fused-ring (bicyclic) bond motifs is 1. The molecule has 1 amide bonds. The van der Waals surface area contributed by atoms with E-state index >= 15 is 0 Å². The Morgan fingerprint density at radius 2 is 2.32 bits per heavy atom. The molecule has 19 heavy (non-hydrogen) atoms. The molecule has 2 N–H and O–H groups in total. The lowest BCUT2D eigenvalue weighted by Crippen LogP contribution is -2.23. The van der Waals surface area contributed by atoms with Crippen molar-refractivity contribution in [1.82, 2.24) is 10.3 Å². The van der Waals surface area contributed by atoms with E-state index in [2.05, 4.69) is 40.4 Å². The van der Waals surface area contributed by atoms with Crippen LogP contribution in [0.1, 0.15) is 21.6 Å². The second-order valence-corrected chi connectivity index (χ2v) is 4.90. The van der Waals surface area contributed by atoms with E-state index in [0.29, 0.717) is 12.2 Å². The highest BCUT2D eigenvalue weighted by molar-refractivity contribution is 5.92. The second-order valence-electron chi connectivity index (χ2n) is 4.90. The van der Waals surface area contributed by atoms with Gasteiger partial charge in [-0.3, -0.25) is 4.79 Å². The minimum atomic E-state index is -0.0670. The number of aromatic nitrogens is 1. The lowest BCUT2D eigenvalue weighted by atomic mass is 10.1. The number of aromatic amines is 1. The van der Waals surface area contributed by atoms with Gasteiger partial charge in [0.15, 0.2) is 0 Å². The van der Waals surface area contributed by atoms with E-state index < -0.39 is 0 Å². The van der Waals surface area contributed by atoms with Gasteiger partial charge in [-0.15, -0.1) is 0 Å². The SMILES string of the molecule is CN1CCc2cc(CNC(=O)c3ccc[nH]3)ccc21. The third-order valence-electron chi connectivity index (χ3n) is 3.57. The summed E-state index contributed by atoms with van der Waals surface area (Å²) < 4.78 is 0. The van der Waals surface area contributed by atoms with Crippen LogP contribution in [0.25, 0.3) is 0 Å². The van der Waals surface area contributed by atoms with Gasteiger partial charge in [0.05, 0.1) is 0 Å². The molecule has 0 atom stereocenters. The van der Waals surface area contributed by atoms with Crippen molar-refractivity contribution in [3.63, 3.8) is 0 Å². The molecule has 1 aliphatic heterocycles. The van der Waals surface area contributed by atoms with Crippen molar-refractivity contribution in [2.75, 3.05) is 18.5 Å². The minimum absolute atomic E-state index is 0.0670. The molecule has 0 radical (unpaired) electrons. The molecule has 1 aliphatic rings. The van der Waals surface area contributed by atoms with E-state index in [0.717, 1.165) is 18.5 Å². The molecule has 3 rings (SSSR count). The number of anilines is 1. The number of likely N-dealkylation sites (N-methyl/N-ethyl adjacent to an activating group) is 1. The van der Waals surface area contributed by atoms with E-state index in [4.69, 9.17) is 0 Å². The monoisotopic (exact) mass is 255 g/mol. The van der Waals surface area contributed by atoms with Crippen molar-refractivity contribution in [3.05, 3.63) is 53.3 Å². The average molecular weight is 255 g/mol. The molecule has 0 fully saturated rings. The number of benzene rings is 1. The Bertz CT molecular complexity index is 589. The number of nitrogens with one attached hydrogen (secondary N) is 2. The normalized spacial score (nSPS) is 13.4. The molecule has 0 saturated carbocycles. The molecule has 0 spiro atoms. The number of carbonyl (C=O) groups excluding carboxylic acids is 1. The highest BCUT2D eigenvalue weighted by Gasteiger charge is 2.15. The average Bonchev–Trinajstić information content (AvgIpc) is 3.06. The summed E-state index contributed by atoms with van der Waals surface area (Å²) in [6.07, 6.45) is 2.84. The summed E-state index contributed by atoms with van der Waals surface area (Å²) in [5.41, 5.74) is 4.42. The van der Waals surface area contributed by atoms with Gasteiger partial charge in [0.1, 0.15) is 5.69 Å². The molecule has 2 aromatic rings. The van der Waals surface area contributed by atoms with Crippen LogP contribution in [0.2, 0.25) is 0 Å². The van der Waals surface area contributed by atoms with Crippen LogP contribution in [0.5, 0.6) is 0 Å². The fourth-order valence-electron chi connectivity index (χ4n) is 2.48. The zero-order valence-electron chi connectivity index (χ0n) is 10.9. The van der Waals surface area contributed by atoms with Crippen LogP contribution in [-0.2, 0) is 13.0 Å². The van der Waals surface area contributed by atoms with Crippen molar-refractivity contribution in [3.8, 4) is 0 Å². The summed E-state index contributed by atoms with van der Waals surface area (Å²) >= 11 is 0. The predicted molar refractivity (Wildman–Crippen MR) is 75.4 cm³/mol. The first-order valence-corrected chi connectivity index (χ1v) is 6.48. The quantitative estimate of drug-likeness (QED) is 0.880. The smallest absolute Gasteiger partial charge is 0.267 e. The molecule has 0 bridgehead atoms. The Morgan fingerprint density at radius 3 is 3.11 bits per heavy atom. The summed E-state index contributed by atoms with van der Waals surface area (Å²) in [5.74, 6) is -0.0670. The molecule has 1 aromatic heterocycles. The first-order chi connectivity index (χ1) is 9.24. The van der Waals surface area contributed by atoms with Gasteiger partial charge in [0, 0.05) is 32.0 Å². The number of hydrogen-bond donors (Lipinski definition) is 2. The summed E-state index contributed by atoms with van der Waals surface area (Å²) in [7, 11) is 2.11. The summed E-state index contributed by atoms with van der Waals surface area (Å²) in [5, 5.41) is 2.92. The molecular formula is C15H17N3O. The van der Waals surface area contributed by atoms with Gasteiger partial charge >= 0.3 is 0 Å².